The minimum atomic E-state index is -4.39. The van der Waals surface area contributed by atoms with Crippen LogP contribution in [0, 0.1) is 0 Å². The summed E-state index contributed by atoms with van der Waals surface area (Å²) in [4.78, 5) is 3.51. The van der Waals surface area contributed by atoms with Gasteiger partial charge in [0.25, 0.3) is 0 Å². The van der Waals surface area contributed by atoms with Crippen molar-refractivity contribution in [2.45, 2.75) is 12.6 Å². The molecule has 2 aromatic rings. The predicted octanol–water partition coefficient (Wildman–Crippen LogP) is 3.74. The normalized spacial score (nSPS) is 14.1. The van der Waals surface area contributed by atoms with Gasteiger partial charge in [-0.15, -0.1) is 0 Å². The second kappa shape index (κ2) is 4.26. The van der Waals surface area contributed by atoms with Crippen LogP contribution < -0.4 is 5.32 Å². The van der Waals surface area contributed by atoms with Crippen molar-refractivity contribution in [2.24, 2.45) is 0 Å². The number of fused-ring (bicyclic) bond motifs is 1. The molecule has 0 radical (unpaired) electrons. The number of alkyl halides is 3. The highest BCUT2D eigenvalue weighted by molar-refractivity contribution is 5.75. The molecule has 0 fully saturated rings. The maximum Gasteiger partial charge on any atom is 0.433 e. The van der Waals surface area contributed by atoms with E-state index in [1.54, 1.807) is 0 Å². The largest absolute Gasteiger partial charge is 0.433 e. The van der Waals surface area contributed by atoms with Crippen LogP contribution in [0.3, 0.4) is 0 Å². The maximum absolute atomic E-state index is 12.5. The quantitative estimate of drug-likeness (QED) is 0.848. The van der Waals surface area contributed by atoms with Crippen LogP contribution in [0.5, 0.6) is 0 Å². The molecular formula is C14H11F3N2. The van der Waals surface area contributed by atoms with Crippen molar-refractivity contribution in [3.05, 3.63) is 47.8 Å². The standard InChI is InChI=1S/C14H11F3N2/c15-14(16,17)13-5-4-9(8-19-13)10-2-1-3-12-11(10)6-7-18-12/h1-5,8,18H,6-7H2. The lowest BCUT2D eigenvalue weighted by atomic mass is 9.99. The fraction of sp³-hybridized carbons (Fsp3) is 0.214. The minimum Gasteiger partial charge on any atom is -0.384 e. The van der Waals surface area contributed by atoms with E-state index >= 15 is 0 Å². The van der Waals surface area contributed by atoms with E-state index in [2.05, 4.69) is 10.3 Å². The summed E-state index contributed by atoms with van der Waals surface area (Å²) >= 11 is 0. The third-order valence-electron chi connectivity index (χ3n) is 3.23. The van der Waals surface area contributed by atoms with E-state index < -0.39 is 11.9 Å². The number of aromatic nitrogens is 1. The smallest absolute Gasteiger partial charge is 0.384 e. The van der Waals surface area contributed by atoms with Crippen molar-refractivity contribution in [1.29, 1.82) is 0 Å². The number of hydrogen-bond donors (Lipinski definition) is 1. The second-order valence-corrected chi connectivity index (χ2v) is 4.44. The van der Waals surface area contributed by atoms with Crippen LogP contribution in [0.15, 0.2) is 36.5 Å². The van der Waals surface area contributed by atoms with E-state index in [1.807, 2.05) is 18.2 Å². The molecule has 0 unspecified atom stereocenters. The fourth-order valence-electron chi connectivity index (χ4n) is 2.34. The molecule has 1 aromatic heterocycles. The molecular weight excluding hydrogens is 253 g/mol. The zero-order valence-electron chi connectivity index (χ0n) is 9.96. The van der Waals surface area contributed by atoms with Gasteiger partial charge in [0.1, 0.15) is 5.69 Å². The molecule has 2 nitrogen and oxygen atoms in total. The van der Waals surface area contributed by atoms with E-state index in [0.29, 0.717) is 5.56 Å². The summed E-state index contributed by atoms with van der Waals surface area (Å²) in [6.07, 6.45) is -2.22. The average Bonchev–Trinajstić information content (AvgIpc) is 2.86. The number of pyridine rings is 1. The van der Waals surface area contributed by atoms with Crippen molar-refractivity contribution in [2.75, 3.05) is 11.9 Å². The number of benzene rings is 1. The Balaban J connectivity index is 2.02. The first-order chi connectivity index (χ1) is 9.05. The highest BCUT2D eigenvalue weighted by atomic mass is 19.4. The average molecular weight is 264 g/mol. The van der Waals surface area contributed by atoms with Gasteiger partial charge in [-0.3, -0.25) is 4.98 Å². The van der Waals surface area contributed by atoms with Crippen molar-refractivity contribution in [3.8, 4) is 11.1 Å². The zero-order chi connectivity index (χ0) is 13.5. The summed E-state index contributed by atoms with van der Waals surface area (Å²) in [7, 11) is 0. The molecule has 0 bridgehead atoms. The summed E-state index contributed by atoms with van der Waals surface area (Å²) in [6, 6.07) is 8.28. The van der Waals surface area contributed by atoms with Crippen LogP contribution in [0.25, 0.3) is 11.1 Å². The van der Waals surface area contributed by atoms with Gasteiger partial charge in [-0.25, -0.2) is 0 Å². The molecule has 1 N–H and O–H groups in total. The number of nitrogens with one attached hydrogen (secondary N) is 1. The summed E-state index contributed by atoms with van der Waals surface area (Å²) in [5.74, 6) is 0. The van der Waals surface area contributed by atoms with Gasteiger partial charge in [-0.05, 0) is 29.7 Å². The molecule has 19 heavy (non-hydrogen) atoms. The van der Waals surface area contributed by atoms with Gasteiger partial charge in [0.2, 0.25) is 0 Å². The highest BCUT2D eigenvalue weighted by Gasteiger charge is 2.32. The van der Waals surface area contributed by atoms with Crippen LogP contribution in [0.2, 0.25) is 0 Å². The lowest BCUT2D eigenvalue weighted by molar-refractivity contribution is -0.141. The third-order valence-corrected chi connectivity index (χ3v) is 3.23. The monoisotopic (exact) mass is 264 g/mol. The van der Waals surface area contributed by atoms with Crippen molar-refractivity contribution >= 4 is 5.69 Å². The number of nitrogens with zero attached hydrogens (tertiary/aromatic N) is 1. The van der Waals surface area contributed by atoms with E-state index in [1.165, 1.54) is 12.3 Å². The lowest BCUT2D eigenvalue weighted by Gasteiger charge is -2.09. The van der Waals surface area contributed by atoms with E-state index in [4.69, 9.17) is 0 Å². The maximum atomic E-state index is 12.5. The summed E-state index contributed by atoms with van der Waals surface area (Å²) in [5, 5.41) is 3.25. The first-order valence-corrected chi connectivity index (χ1v) is 5.95. The SMILES string of the molecule is FC(F)(F)c1ccc(-c2cccc3c2CCN3)cn1. The fourth-order valence-corrected chi connectivity index (χ4v) is 2.34. The van der Waals surface area contributed by atoms with E-state index in [0.717, 1.165) is 35.8 Å². The van der Waals surface area contributed by atoms with Gasteiger partial charge in [-0.1, -0.05) is 18.2 Å². The predicted molar refractivity (Wildman–Crippen MR) is 66.9 cm³/mol. The zero-order valence-corrected chi connectivity index (χ0v) is 9.96. The Kier molecular flexibility index (Phi) is 2.69. The topological polar surface area (TPSA) is 24.9 Å². The van der Waals surface area contributed by atoms with E-state index in [-0.39, 0.29) is 0 Å². The molecule has 98 valence electrons. The third kappa shape index (κ3) is 2.16. The van der Waals surface area contributed by atoms with Gasteiger partial charge < -0.3 is 5.32 Å². The molecule has 1 aliphatic heterocycles. The van der Waals surface area contributed by atoms with Crippen LogP contribution in [0.4, 0.5) is 18.9 Å². The van der Waals surface area contributed by atoms with Crippen LogP contribution in [0.1, 0.15) is 11.3 Å². The molecule has 0 saturated carbocycles. The molecule has 0 aliphatic carbocycles. The van der Waals surface area contributed by atoms with Gasteiger partial charge in [0.05, 0.1) is 0 Å². The number of rotatable bonds is 1. The van der Waals surface area contributed by atoms with Crippen LogP contribution in [-0.4, -0.2) is 11.5 Å². The molecule has 0 spiro atoms. The molecule has 0 amide bonds. The molecule has 2 heterocycles. The van der Waals surface area contributed by atoms with Gasteiger partial charge in [-0.2, -0.15) is 13.2 Å². The van der Waals surface area contributed by atoms with Crippen molar-refractivity contribution in [3.63, 3.8) is 0 Å². The van der Waals surface area contributed by atoms with Gasteiger partial charge >= 0.3 is 6.18 Å². The van der Waals surface area contributed by atoms with E-state index in [9.17, 15) is 13.2 Å². The molecule has 3 rings (SSSR count). The molecule has 1 aliphatic rings. The molecule has 1 aromatic carbocycles. The molecule has 0 atom stereocenters. The van der Waals surface area contributed by atoms with Gasteiger partial charge in [0.15, 0.2) is 0 Å². The Bertz CT molecular complexity index is 603. The number of halogens is 3. The van der Waals surface area contributed by atoms with Gasteiger partial charge in [0, 0.05) is 24.0 Å². The summed E-state index contributed by atoms with van der Waals surface area (Å²) < 4.78 is 37.4. The Hall–Kier alpha value is -2.04. The second-order valence-electron chi connectivity index (χ2n) is 4.44. The Morgan fingerprint density at radius 1 is 1.11 bits per heavy atom. The van der Waals surface area contributed by atoms with Crippen LogP contribution in [-0.2, 0) is 12.6 Å². The summed E-state index contributed by atoms with van der Waals surface area (Å²) in [5.41, 5.74) is 3.00. The van der Waals surface area contributed by atoms with Crippen LogP contribution >= 0.6 is 0 Å². The number of hydrogen-bond acceptors (Lipinski definition) is 2. The highest BCUT2D eigenvalue weighted by Crippen LogP contribution is 2.34. The lowest BCUT2D eigenvalue weighted by Crippen LogP contribution is -2.07. The molecule has 5 heteroatoms. The Morgan fingerprint density at radius 3 is 2.63 bits per heavy atom. The summed E-state index contributed by atoms with van der Waals surface area (Å²) in [6.45, 7) is 0.862. The minimum absolute atomic E-state index is 0.716. The molecule has 0 saturated heterocycles. The van der Waals surface area contributed by atoms with Crippen molar-refractivity contribution in [1.82, 2.24) is 4.98 Å². The first kappa shape index (κ1) is 12.0. The Morgan fingerprint density at radius 2 is 1.95 bits per heavy atom. The Labute approximate surface area is 108 Å². The first-order valence-electron chi connectivity index (χ1n) is 5.95. The number of anilines is 1. The van der Waals surface area contributed by atoms with Crippen molar-refractivity contribution < 1.29 is 13.2 Å².